The molecule has 0 radical (unpaired) electrons. The monoisotopic (exact) mass is 387 g/mol. The molecule has 1 spiro atoms. The first-order valence-corrected chi connectivity index (χ1v) is 10.4. The number of imidazole rings is 1. The first-order valence-electron chi connectivity index (χ1n) is 10.4. The lowest BCUT2D eigenvalue weighted by atomic mass is 9.89. The summed E-state index contributed by atoms with van der Waals surface area (Å²) in [5.41, 5.74) is 4.62. The van der Waals surface area contributed by atoms with E-state index in [2.05, 4.69) is 40.4 Å². The van der Waals surface area contributed by atoms with Crippen LogP contribution in [0.25, 0.3) is 0 Å². The highest BCUT2D eigenvalue weighted by Crippen LogP contribution is 2.32. The molecular formula is C21H33N5O2. The van der Waals surface area contributed by atoms with Gasteiger partial charge in [0.2, 0.25) is 0 Å². The molecule has 2 aliphatic rings. The quantitative estimate of drug-likeness (QED) is 0.803. The fourth-order valence-corrected chi connectivity index (χ4v) is 4.56. The fourth-order valence-electron chi connectivity index (χ4n) is 4.56. The molecule has 0 amide bonds. The lowest BCUT2D eigenvalue weighted by Crippen LogP contribution is -2.56. The molecule has 0 unspecified atom stereocenters. The summed E-state index contributed by atoms with van der Waals surface area (Å²) in [6, 6.07) is 0. The van der Waals surface area contributed by atoms with Crippen LogP contribution in [0.2, 0.25) is 0 Å². The topological polar surface area (TPSA) is 59.6 Å². The molecule has 7 heteroatoms. The Kier molecular flexibility index (Phi) is 5.33. The van der Waals surface area contributed by atoms with Crippen LogP contribution in [0.15, 0.2) is 4.52 Å². The van der Waals surface area contributed by atoms with E-state index in [-0.39, 0.29) is 5.60 Å². The van der Waals surface area contributed by atoms with Gasteiger partial charge >= 0.3 is 0 Å². The number of hydrogen-bond donors (Lipinski definition) is 0. The Balaban J connectivity index is 1.36. The first kappa shape index (κ1) is 19.6. The summed E-state index contributed by atoms with van der Waals surface area (Å²) in [6.45, 7) is 15.0. The zero-order valence-electron chi connectivity index (χ0n) is 17.9. The van der Waals surface area contributed by atoms with Gasteiger partial charge in [-0.15, -0.1) is 0 Å². The third-order valence-electron chi connectivity index (χ3n) is 6.73. The van der Waals surface area contributed by atoms with Gasteiger partial charge in [-0.1, -0.05) is 5.16 Å². The Labute approximate surface area is 167 Å². The van der Waals surface area contributed by atoms with Crippen molar-refractivity contribution >= 4 is 0 Å². The van der Waals surface area contributed by atoms with Crippen LogP contribution in [-0.2, 0) is 24.9 Å². The molecule has 154 valence electrons. The number of nitrogens with zero attached hydrogens (tertiary/aromatic N) is 5. The van der Waals surface area contributed by atoms with Crippen LogP contribution < -0.4 is 0 Å². The second-order valence-corrected chi connectivity index (χ2v) is 8.58. The number of hydrogen-bond acceptors (Lipinski definition) is 6. The number of piperidine rings is 1. The summed E-state index contributed by atoms with van der Waals surface area (Å²) < 4.78 is 13.9. The minimum atomic E-state index is -0.0127. The minimum absolute atomic E-state index is 0.0127. The average molecular weight is 388 g/mol. The van der Waals surface area contributed by atoms with Crippen LogP contribution in [-0.4, -0.2) is 62.9 Å². The third-order valence-corrected chi connectivity index (χ3v) is 6.73. The van der Waals surface area contributed by atoms with Gasteiger partial charge in [0.05, 0.1) is 30.1 Å². The normalized spacial score (nSPS) is 20.9. The predicted molar refractivity (Wildman–Crippen MR) is 107 cm³/mol. The second kappa shape index (κ2) is 7.61. The van der Waals surface area contributed by atoms with Gasteiger partial charge in [-0.3, -0.25) is 9.80 Å². The molecule has 7 nitrogen and oxygen atoms in total. The maximum Gasteiger partial charge on any atom is 0.138 e. The molecule has 0 saturated carbocycles. The molecule has 0 bridgehead atoms. The Bertz CT molecular complexity index is 813. The SMILES string of the molecule is Cc1noc(C)c1CN1CCOC2(CCN(Cc3nc(C)c(C)n3C)CC2)C1. The molecule has 0 atom stereocenters. The van der Waals surface area contributed by atoms with E-state index in [0.717, 1.165) is 81.7 Å². The second-order valence-electron chi connectivity index (χ2n) is 8.58. The zero-order valence-corrected chi connectivity index (χ0v) is 17.9. The fraction of sp³-hybridized carbons (Fsp3) is 0.714. The van der Waals surface area contributed by atoms with E-state index in [1.54, 1.807) is 0 Å². The van der Waals surface area contributed by atoms with Crippen molar-refractivity contribution in [1.29, 1.82) is 0 Å². The highest BCUT2D eigenvalue weighted by molar-refractivity contribution is 5.20. The van der Waals surface area contributed by atoms with E-state index in [9.17, 15) is 0 Å². The van der Waals surface area contributed by atoms with E-state index in [1.165, 1.54) is 11.3 Å². The molecular weight excluding hydrogens is 354 g/mol. The number of aryl methyl sites for hydroxylation is 3. The van der Waals surface area contributed by atoms with E-state index < -0.39 is 0 Å². The predicted octanol–water partition coefficient (Wildman–Crippen LogP) is 2.51. The Morgan fingerprint density at radius 1 is 0.964 bits per heavy atom. The van der Waals surface area contributed by atoms with Gasteiger partial charge in [0.15, 0.2) is 0 Å². The van der Waals surface area contributed by atoms with Gasteiger partial charge in [-0.05, 0) is 40.5 Å². The van der Waals surface area contributed by atoms with Crippen molar-refractivity contribution in [3.8, 4) is 0 Å². The maximum absolute atomic E-state index is 6.33. The van der Waals surface area contributed by atoms with Gasteiger partial charge in [-0.2, -0.15) is 0 Å². The molecule has 28 heavy (non-hydrogen) atoms. The van der Waals surface area contributed by atoms with Crippen molar-refractivity contribution in [1.82, 2.24) is 24.5 Å². The number of morpholine rings is 1. The Morgan fingerprint density at radius 2 is 1.71 bits per heavy atom. The van der Waals surface area contributed by atoms with Crippen molar-refractivity contribution in [2.24, 2.45) is 7.05 Å². The lowest BCUT2D eigenvalue weighted by Gasteiger charge is -2.47. The summed E-state index contributed by atoms with van der Waals surface area (Å²) >= 11 is 0. The number of aromatic nitrogens is 3. The van der Waals surface area contributed by atoms with Crippen LogP contribution in [0, 0.1) is 27.7 Å². The van der Waals surface area contributed by atoms with Crippen molar-refractivity contribution in [2.75, 3.05) is 32.8 Å². The average Bonchev–Trinajstić information content (AvgIpc) is 3.12. The molecule has 0 aromatic carbocycles. The first-order chi connectivity index (χ1) is 13.4. The van der Waals surface area contributed by atoms with Crippen molar-refractivity contribution in [3.63, 3.8) is 0 Å². The minimum Gasteiger partial charge on any atom is -0.372 e. The molecule has 2 aromatic rings. The molecule has 4 heterocycles. The Hall–Kier alpha value is -1.70. The van der Waals surface area contributed by atoms with Crippen LogP contribution in [0.3, 0.4) is 0 Å². The molecule has 2 saturated heterocycles. The number of likely N-dealkylation sites (tertiary alicyclic amines) is 1. The molecule has 2 aromatic heterocycles. The van der Waals surface area contributed by atoms with Crippen molar-refractivity contribution < 1.29 is 9.26 Å². The smallest absolute Gasteiger partial charge is 0.138 e. The lowest BCUT2D eigenvalue weighted by molar-refractivity contribution is -0.138. The highest BCUT2D eigenvalue weighted by Gasteiger charge is 2.40. The molecule has 0 N–H and O–H groups in total. The molecule has 4 rings (SSSR count). The zero-order chi connectivity index (χ0) is 19.9. The van der Waals surface area contributed by atoms with E-state index in [0.29, 0.717) is 0 Å². The van der Waals surface area contributed by atoms with Gasteiger partial charge in [0, 0.05) is 51.0 Å². The van der Waals surface area contributed by atoms with Crippen LogP contribution >= 0.6 is 0 Å². The standard InChI is InChI=1S/C21H33N5O2/c1-15-17(3)24(5)20(22-15)13-25-8-6-21(7-9-25)14-26(10-11-27-21)12-19-16(2)23-28-18(19)4/h6-14H2,1-5H3. The van der Waals surface area contributed by atoms with Gasteiger partial charge in [0.1, 0.15) is 11.6 Å². The summed E-state index contributed by atoms with van der Waals surface area (Å²) in [5.74, 6) is 2.10. The van der Waals surface area contributed by atoms with E-state index in [1.807, 2.05) is 13.8 Å². The summed E-state index contributed by atoms with van der Waals surface area (Å²) in [5, 5.41) is 4.10. The van der Waals surface area contributed by atoms with E-state index in [4.69, 9.17) is 14.2 Å². The largest absolute Gasteiger partial charge is 0.372 e. The molecule has 0 aliphatic carbocycles. The third kappa shape index (κ3) is 3.75. The van der Waals surface area contributed by atoms with Crippen LogP contribution in [0.5, 0.6) is 0 Å². The summed E-state index contributed by atoms with van der Waals surface area (Å²) in [4.78, 5) is 9.77. The maximum atomic E-state index is 6.33. The van der Waals surface area contributed by atoms with E-state index >= 15 is 0 Å². The number of rotatable bonds is 4. The van der Waals surface area contributed by atoms with Crippen molar-refractivity contribution in [2.45, 2.75) is 59.2 Å². The van der Waals surface area contributed by atoms with Gasteiger partial charge < -0.3 is 13.8 Å². The van der Waals surface area contributed by atoms with Crippen LogP contribution in [0.1, 0.15) is 47.1 Å². The molecule has 2 aliphatic heterocycles. The van der Waals surface area contributed by atoms with Gasteiger partial charge in [0.25, 0.3) is 0 Å². The number of ether oxygens (including phenoxy) is 1. The van der Waals surface area contributed by atoms with Crippen molar-refractivity contribution in [3.05, 3.63) is 34.2 Å². The molecule has 2 fully saturated rings. The van der Waals surface area contributed by atoms with Crippen LogP contribution in [0.4, 0.5) is 0 Å². The Morgan fingerprint density at radius 3 is 2.32 bits per heavy atom. The highest BCUT2D eigenvalue weighted by atomic mass is 16.5. The summed E-state index contributed by atoms with van der Waals surface area (Å²) in [7, 11) is 2.12. The summed E-state index contributed by atoms with van der Waals surface area (Å²) in [6.07, 6.45) is 2.15. The van der Waals surface area contributed by atoms with Gasteiger partial charge in [-0.25, -0.2) is 4.98 Å².